The second kappa shape index (κ2) is 17.4. The molecule has 2 fully saturated rings. The maximum atomic E-state index is 14.5. The van der Waals surface area contributed by atoms with Crippen LogP contribution in [-0.4, -0.2) is 70.4 Å². The summed E-state index contributed by atoms with van der Waals surface area (Å²) < 4.78 is 5.27. The van der Waals surface area contributed by atoms with E-state index in [1.54, 1.807) is 72.8 Å². The van der Waals surface area contributed by atoms with E-state index in [9.17, 15) is 39.0 Å². The van der Waals surface area contributed by atoms with Gasteiger partial charge in [0.15, 0.2) is 0 Å². The van der Waals surface area contributed by atoms with Gasteiger partial charge in [-0.25, -0.2) is 4.79 Å². The van der Waals surface area contributed by atoms with Gasteiger partial charge in [0, 0.05) is 37.0 Å². The quantitative estimate of drug-likeness (QED) is 0.149. The number of hydrogen-bond acceptors (Lipinski definition) is 7. The number of methoxy groups -OCH3 is 1. The summed E-state index contributed by atoms with van der Waals surface area (Å²) in [5.74, 6) is -3.42. The van der Waals surface area contributed by atoms with Gasteiger partial charge in [0.1, 0.15) is 23.7 Å². The zero-order chi connectivity index (χ0) is 39.0. The van der Waals surface area contributed by atoms with E-state index in [0.717, 1.165) is 18.4 Å². The summed E-state index contributed by atoms with van der Waals surface area (Å²) >= 11 is 6.21. The van der Waals surface area contributed by atoms with Gasteiger partial charge in [-0.1, -0.05) is 60.8 Å². The van der Waals surface area contributed by atoms with Crippen LogP contribution in [0.25, 0.3) is 6.08 Å². The van der Waals surface area contributed by atoms with Gasteiger partial charge in [-0.15, -0.1) is 0 Å². The van der Waals surface area contributed by atoms with Crippen LogP contribution in [0.15, 0.2) is 78.5 Å². The molecule has 14 heteroatoms. The Kier molecular flexibility index (Phi) is 12.8. The van der Waals surface area contributed by atoms with Crippen molar-refractivity contribution in [2.24, 2.45) is 5.41 Å². The predicted molar refractivity (Wildman–Crippen MR) is 200 cm³/mol. The van der Waals surface area contributed by atoms with Gasteiger partial charge < -0.3 is 30.5 Å². The first-order valence-corrected chi connectivity index (χ1v) is 18.0. The standard InChI is InChI=1S/C40H43ClN4O9/c1-25(46)42-22-21-40(19-3-4-20-40)39(53)43-32(38(51)52)23-26-5-13-30(14-6-26)44-36(28-9-11-29(41)12-10-28)45(34(47)17-18-35(48)49)33(37(44)50)24-27-7-15-31(54-2)16-8-27/h5-16,23,33,36H,3-4,17-22,24H2,1-2H3,(H,42,46)(H,43,53)(H,48,49)(H,51,52)/b32-23-. The predicted octanol–water partition coefficient (Wildman–Crippen LogP) is 5.33. The Bertz CT molecular complexity index is 1910. The molecule has 1 heterocycles. The molecule has 0 aromatic heterocycles. The number of nitrogens with zero attached hydrogens (tertiary/aromatic N) is 2. The first-order valence-electron chi connectivity index (χ1n) is 17.7. The molecule has 2 unspecified atom stereocenters. The number of carbonyl (C=O) groups excluding carboxylic acids is 4. The maximum Gasteiger partial charge on any atom is 0.352 e. The summed E-state index contributed by atoms with van der Waals surface area (Å²) in [5, 5.41) is 25.2. The molecule has 2 aliphatic rings. The Morgan fingerprint density at radius 2 is 1.57 bits per heavy atom. The van der Waals surface area contributed by atoms with Crippen LogP contribution in [0.1, 0.15) is 74.7 Å². The first-order chi connectivity index (χ1) is 25.8. The lowest BCUT2D eigenvalue weighted by Gasteiger charge is -2.32. The van der Waals surface area contributed by atoms with Crippen molar-refractivity contribution in [1.82, 2.24) is 15.5 Å². The van der Waals surface area contributed by atoms with Crippen molar-refractivity contribution in [3.8, 4) is 5.75 Å². The van der Waals surface area contributed by atoms with Crippen LogP contribution >= 0.6 is 11.6 Å². The van der Waals surface area contributed by atoms with Gasteiger partial charge in [-0.2, -0.15) is 0 Å². The van der Waals surface area contributed by atoms with E-state index >= 15 is 0 Å². The third-order valence-electron chi connectivity index (χ3n) is 9.94. The number of benzene rings is 3. The molecule has 0 spiro atoms. The van der Waals surface area contributed by atoms with E-state index in [0.29, 0.717) is 53.4 Å². The van der Waals surface area contributed by atoms with Gasteiger partial charge >= 0.3 is 11.9 Å². The highest BCUT2D eigenvalue weighted by atomic mass is 35.5. The van der Waals surface area contributed by atoms with Crippen LogP contribution in [0, 0.1) is 5.41 Å². The summed E-state index contributed by atoms with van der Waals surface area (Å²) in [4.78, 5) is 80.0. The topological polar surface area (TPSA) is 183 Å². The molecule has 2 atom stereocenters. The van der Waals surface area contributed by atoms with Crippen molar-refractivity contribution in [2.45, 2.75) is 70.5 Å². The van der Waals surface area contributed by atoms with Crippen molar-refractivity contribution < 1.29 is 43.7 Å². The fraction of sp³-hybridized carbons (Fsp3) is 0.350. The minimum Gasteiger partial charge on any atom is -0.497 e. The Hall–Kier alpha value is -5.69. The fourth-order valence-corrected chi connectivity index (χ4v) is 7.28. The van der Waals surface area contributed by atoms with Crippen LogP contribution in [-0.2, 0) is 35.2 Å². The zero-order valence-corrected chi connectivity index (χ0v) is 30.8. The van der Waals surface area contributed by atoms with Gasteiger partial charge in [0.05, 0.1) is 18.9 Å². The lowest BCUT2D eigenvalue weighted by Crippen LogP contribution is -2.42. The molecule has 1 aliphatic carbocycles. The molecule has 4 N–H and O–H groups in total. The van der Waals surface area contributed by atoms with Crippen LogP contribution in [0.5, 0.6) is 5.75 Å². The highest BCUT2D eigenvalue weighted by molar-refractivity contribution is 6.30. The third kappa shape index (κ3) is 9.26. The Morgan fingerprint density at radius 3 is 2.15 bits per heavy atom. The number of rotatable bonds is 15. The molecule has 1 saturated heterocycles. The average molecular weight is 759 g/mol. The summed E-state index contributed by atoms with van der Waals surface area (Å²) in [6, 6.07) is 19.2. The first kappa shape index (κ1) is 39.5. The van der Waals surface area contributed by atoms with Crippen LogP contribution in [0.3, 0.4) is 0 Å². The molecule has 3 aromatic rings. The number of carboxylic acids is 2. The number of nitrogens with one attached hydrogen (secondary N) is 2. The van der Waals surface area contributed by atoms with E-state index < -0.39 is 53.7 Å². The van der Waals surface area contributed by atoms with E-state index in [2.05, 4.69) is 10.6 Å². The average Bonchev–Trinajstić information content (AvgIpc) is 3.74. The lowest BCUT2D eigenvalue weighted by molar-refractivity contribution is -0.142. The second-order valence-electron chi connectivity index (χ2n) is 13.5. The molecule has 1 saturated carbocycles. The molecule has 5 rings (SSSR count). The molecule has 54 heavy (non-hydrogen) atoms. The number of ether oxygens (including phenoxy) is 1. The second-order valence-corrected chi connectivity index (χ2v) is 14.0. The molecule has 0 bridgehead atoms. The van der Waals surface area contributed by atoms with Crippen LogP contribution < -0.4 is 20.3 Å². The molecular formula is C40H43ClN4O9. The van der Waals surface area contributed by atoms with Crippen molar-refractivity contribution in [3.63, 3.8) is 0 Å². The molecule has 284 valence electrons. The van der Waals surface area contributed by atoms with E-state index in [4.69, 9.17) is 16.3 Å². The van der Waals surface area contributed by atoms with Crippen LogP contribution in [0.2, 0.25) is 5.02 Å². The van der Waals surface area contributed by atoms with Crippen molar-refractivity contribution in [2.75, 3.05) is 18.6 Å². The number of hydrogen-bond donors (Lipinski definition) is 4. The van der Waals surface area contributed by atoms with Gasteiger partial charge in [0.2, 0.25) is 17.7 Å². The largest absolute Gasteiger partial charge is 0.497 e. The van der Waals surface area contributed by atoms with Crippen molar-refractivity contribution in [1.29, 1.82) is 0 Å². The number of halogens is 1. The molecular weight excluding hydrogens is 716 g/mol. The number of carboxylic acid groups (broad SMARTS) is 2. The van der Waals surface area contributed by atoms with E-state index in [1.165, 1.54) is 29.9 Å². The lowest BCUT2D eigenvalue weighted by atomic mass is 9.81. The smallest absolute Gasteiger partial charge is 0.352 e. The fourth-order valence-electron chi connectivity index (χ4n) is 7.16. The zero-order valence-electron chi connectivity index (χ0n) is 30.0. The Balaban J connectivity index is 1.48. The molecule has 3 aromatic carbocycles. The monoisotopic (exact) mass is 758 g/mol. The number of anilines is 1. The Morgan fingerprint density at radius 1 is 0.926 bits per heavy atom. The van der Waals surface area contributed by atoms with Crippen molar-refractivity contribution >= 4 is 58.9 Å². The van der Waals surface area contributed by atoms with Gasteiger partial charge in [-0.05, 0) is 78.4 Å². The Labute approximate surface area is 317 Å². The molecule has 13 nitrogen and oxygen atoms in total. The van der Waals surface area contributed by atoms with Crippen molar-refractivity contribution in [3.05, 3.63) is 100 Å². The molecule has 1 aliphatic heterocycles. The molecule has 4 amide bonds. The number of aliphatic carboxylic acids is 2. The summed E-state index contributed by atoms with van der Waals surface area (Å²) in [6.07, 6.45) is 2.92. The van der Waals surface area contributed by atoms with Gasteiger partial charge in [-0.3, -0.25) is 28.9 Å². The SMILES string of the molecule is COc1ccc(CC2C(=O)N(c3ccc(/C=C(\NC(=O)C4(CCNC(C)=O)CCCC4)C(=O)O)cc3)C(c3ccc(Cl)cc3)N2C(=O)CCC(=O)O)cc1. The molecule has 0 radical (unpaired) electrons. The van der Waals surface area contributed by atoms with Gasteiger partial charge in [0.25, 0.3) is 5.91 Å². The van der Waals surface area contributed by atoms with E-state index in [-0.39, 0.29) is 24.4 Å². The van der Waals surface area contributed by atoms with E-state index in [1.807, 2.05) is 0 Å². The van der Waals surface area contributed by atoms with Crippen LogP contribution in [0.4, 0.5) is 5.69 Å². The third-order valence-corrected chi connectivity index (χ3v) is 10.2. The maximum absolute atomic E-state index is 14.5. The minimum atomic E-state index is -1.34. The summed E-state index contributed by atoms with van der Waals surface area (Å²) in [5.41, 5.74) is 1.00. The normalized spacial score (nSPS) is 18.0. The highest BCUT2D eigenvalue weighted by Crippen LogP contribution is 2.42. The summed E-state index contributed by atoms with van der Waals surface area (Å²) in [7, 11) is 1.54. The number of carbonyl (C=O) groups is 6. The summed E-state index contributed by atoms with van der Waals surface area (Å²) in [6.45, 7) is 1.69. The minimum absolute atomic E-state index is 0.136. The highest BCUT2D eigenvalue weighted by Gasteiger charge is 2.49. The number of amides is 4.